The van der Waals surface area contributed by atoms with Gasteiger partial charge in [0.2, 0.25) is 0 Å². The van der Waals surface area contributed by atoms with Crippen molar-refractivity contribution in [2.24, 2.45) is 5.73 Å². The molecule has 0 unspecified atom stereocenters. The number of carbonyl (C=O) groups is 2. The fourth-order valence-electron chi connectivity index (χ4n) is 3.45. The summed E-state index contributed by atoms with van der Waals surface area (Å²) in [6, 6.07) is 5.97. The van der Waals surface area contributed by atoms with Crippen molar-refractivity contribution in [3.8, 4) is 11.1 Å². The molecule has 2 aromatic heterocycles. The summed E-state index contributed by atoms with van der Waals surface area (Å²) >= 11 is 1.61. The number of ether oxygens (including phenoxy) is 1. The summed E-state index contributed by atoms with van der Waals surface area (Å²) < 4.78 is 5.48. The minimum Gasteiger partial charge on any atom is -0.444 e. The number of amides is 2. The lowest BCUT2D eigenvalue weighted by molar-refractivity contribution is 0.0258. The second-order valence-electron chi connectivity index (χ2n) is 8.30. The molecule has 160 valence electrons. The van der Waals surface area contributed by atoms with E-state index in [1.54, 1.807) is 16.2 Å². The SMILES string of the molecule is CCN(CCCc1c[nH]c2c(C(N)=O)cc(-c3ccsc3)cc12)C(=O)OC(C)(C)C. The number of hydrogen-bond donors (Lipinski definition) is 2. The zero-order chi connectivity index (χ0) is 21.9. The van der Waals surface area contributed by atoms with Gasteiger partial charge in [0.05, 0.1) is 11.1 Å². The molecule has 0 radical (unpaired) electrons. The first-order valence-electron chi connectivity index (χ1n) is 10.1. The van der Waals surface area contributed by atoms with E-state index >= 15 is 0 Å². The molecule has 3 N–H and O–H groups in total. The molecule has 7 heteroatoms. The Hall–Kier alpha value is -2.80. The smallest absolute Gasteiger partial charge is 0.410 e. The highest BCUT2D eigenvalue weighted by Gasteiger charge is 2.21. The summed E-state index contributed by atoms with van der Waals surface area (Å²) in [7, 11) is 0. The maximum absolute atomic E-state index is 12.3. The fraction of sp³-hybridized carbons (Fsp3) is 0.391. The molecule has 0 aliphatic rings. The predicted octanol–water partition coefficient (Wildman–Crippen LogP) is 5.18. The summed E-state index contributed by atoms with van der Waals surface area (Å²) in [4.78, 5) is 29.3. The molecule has 0 aliphatic carbocycles. The Labute approximate surface area is 181 Å². The number of carbonyl (C=O) groups excluding carboxylic acids is 2. The minimum atomic E-state index is -0.509. The molecule has 0 fully saturated rings. The Morgan fingerprint density at radius 2 is 2.00 bits per heavy atom. The van der Waals surface area contributed by atoms with E-state index in [-0.39, 0.29) is 6.09 Å². The molecule has 3 rings (SSSR count). The van der Waals surface area contributed by atoms with Crippen LogP contribution in [0.1, 0.15) is 50.0 Å². The van der Waals surface area contributed by atoms with Crippen LogP contribution in [0.3, 0.4) is 0 Å². The van der Waals surface area contributed by atoms with Gasteiger partial charge < -0.3 is 20.4 Å². The molecule has 1 aromatic carbocycles. The topological polar surface area (TPSA) is 88.4 Å². The van der Waals surface area contributed by atoms with Gasteiger partial charge in [0.1, 0.15) is 5.60 Å². The fourth-order valence-corrected chi connectivity index (χ4v) is 4.11. The Bertz CT molecular complexity index is 1030. The average Bonchev–Trinajstić information content (AvgIpc) is 3.33. The first-order valence-corrected chi connectivity index (χ1v) is 11.1. The van der Waals surface area contributed by atoms with Crippen molar-refractivity contribution < 1.29 is 14.3 Å². The summed E-state index contributed by atoms with van der Waals surface area (Å²) in [5.41, 5.74) is 9.52. The van der Waals surface area contributed by atoms with Gasteiger partial charge in [0.25, 0.3) is 5.91 Å². The highest BCUT2D eigenvalue weighted by Crippen LogP contribution is 2.31. The molecular weight excluding hydrogens is 398 g/mol. The largest absolute Gasteiger partial charge is 0.444 e. The number of aryl methyl sites for hydroxylation is 1. The van der Waals surface area contributed by atoms with Gasteiger partial charge in [-0.05, 0) is 86.2 Å². The van der Waals surface area contributed by atoms with Crippen molar-refractivity contribution in [3.05, 3.63) is 46.3 Å². The van der Waals surface area contributed by atoms with Gasteiger partial charge >= 0.3 is 6.09 Å². The number of fused-ring (bicyclic) bond motifs is 1. The molecule has 0 aliphatic heterocycles. The highest BCUT2D eigenvalue weighted by atomic mass is 32.1. The second kappa shape index (κ2) is 8.92. The van der Waals surface area contributed by atoms with Crippen LogP contribution in [0.25, 0.3) is 22.0 Å². The van der Waals surface area contributed by atoms with E-state index < -0.39 is 11.5 Å². The van der Waals surface area contributed by atoms with Crippen molar-refractivity contribution in [2.45, 2.75) is 46.1 Å². The number of benzene rings is 1. The normalized spacial score (nSPS) is 11.6. The number of nitrogens with two attached hydrogens (primary N) is 1. The molecule has 2 heterocycles. The molecule has 3 aromatic rings. The number of nitrogens with one attached hydrogen (secondary N) is 1. The quantitative estimate of drug-likeness (QED) is 0.544. The lowest BCUT2D eigenvalue weighted by atomic mass is 9.99. The number of primary amides is 1. The minimum absolute atomic E-state index is 0.292. The molecule has 0 spiro atoms. The van der Waals surface area contributed by atoms with Crippen LogP contribution in [0.2, 0.25) is 0 Å². The van der Waals surface area contributed by atoms with Gasteiger partial charge in [-0.25, -0.2) is 4.79 Å². The van der Waals surface area contributed by atoms with Crippen LogP contribution in [0.5, 0.6) is 0 Å². The number of H-pyrrole nitrogens is 1. The highest BCUT2D eigenvalue weighted by molar-refractivity contribution is 7.08. The van der Waals surface area contributed by atoms with Gasteiger partial charge in [-0.2, -0.15) is 11.3 Å². The van der Waals surface area contributed by atoms with E-state index in [4.69, 9.17) is 10.5 Å². The number of aromatic amines is 1. The van der Waals surface area contributed by atoms with E-state index in [2.05, 4.69) is 16.4 Å². The van der Waals surface area contributed by atoms with Crippen LogP contribution < -0.4 is 5.73 Å². The number of thiophene rings is 1. The van der Waals surface area contributed by atoms with E-state index in [0.29, 0.717) is 18.7 Å². The van der Waals surface area contributed by atoms with Crippen LogP contribution in [-0.2, 0) is 11.2 Å². The van der Waals surface area contributed by atoms with Crippen LogP contribution >= 0.6 is 11.3 Å². The maximum atomic E-state index is 12.3. The van der Waals surface area contributed by atoms with Crippen LogP contribution in [0.4, 0.5) is 4.79 Å². The molecule has 0 saturated heterocycles. The maximum Gasteiger partial charge on any atom is 0.410 e. The van der Waals surface area contributed by atoms with E-state index in [9.17, 15) is 9.59 Å². The van der Waals surface area contributed by atoms with Gasteiger partial charge in [0.15, 0.2) is 0 Å². The van der Waals surface area contributed by atoms with Crippen LogP contribution in [0, 0.1) is 0 Å². The van der Waals surface area contributed by atoms with Crippen molar-refractivity contribution in [1.29, 1.82) is 0 Å². The molecule has 0 atom stereocenters. The van der Waals surface area contributed by atoms with Crippen LogP contribution in [0.15, 0.2) is 35.2 Å². The Kier molecular flexibility index (Phi) is 6.51. The number of rotatable bonds is 7. The van der Waals surface area contributed by atoms with Crippen molar-refractivity contribution in [2.75, 3.05) is 13.1 Å². The first kappa shape index (κ1) is 21.9. The second-order valence-corrected chi connectivity index (χ2v) is 9.08. The number of aromatic nitrogens is 1. The van der Waals surface area contributed by atoms with Crippen LogP contribution in [-0.4, -0.2) is 40.6 Å². The van der Waals surface area contributed by atoms with Gasteiger partial charge in [-0.15, -0.1) is 0 Å². The Morgan fingerprint density at radius 3 is 2.60 bits per heavy atom. The molecule has 6 nitrogen and oxygen atoms in total. The van der Waals surface area contributed by atoms with Gasteiger partial charge in [0, 0.05) is 24.7 Å². The van der Waals surface area contributed by atoms with E-state index in [0.717, 1.165) is 40.4 Å². The zero-order valence-corrected chi connectivity index (χ0v) is 18.8. The average molecular weight is 428 g/mol. The molecule has 0 bridgehead atoms. The van der Waals surface area contributed by atoms with Crippen molar-refractivity contribution >= 4 is 34.2 Å². The van der Waals surface area contributed by atoms with Gasteiger partial charge in [-0.1, -0.05) is 0 Å². The standard InChI is InChI=1S/C23H29N3O3S/c1-5-26(22(28)29-23(2,3)4)9-6-7-15-13-25-20-18(15)11-17(12-19(20)21(24)27)16-8-10-30-14-16/h8,10-14,25H,5-7,9H2,1-4H3,(H2,24,27). The van der Waals surface area contributed by atoms with E-state index in [1.165, 1.54) is 0 Å². The molecular formula is C23H29N3O3S. The third-order valence-corrected chi connectivity index (χ3v) is 5.59. The molecule has 0 saturated carbocycles. The first-order chi connectivity index (χ1) is 14.2. The Balaban J connectivity index is 1.80. The summed E-state index contributed by atoms with van der Waals surface area (Å²) in [6.45, 7) is 8.74. The summed E-state index contributed by atoms with van der Waals surface area (Å²) in [5.74, 6) is -0.451. The Morgan fingerprint density at radius 1 is 1.23 bits per heavy atom. The van der Waals surface area contributed by atoms with Gasteiger partial charge in [-0.3, -0.25) is 4.79 Å². The molecule has 30 heavy (non-hydrogen) atoms. The molecule has 2 amide bonds. The predicted molar refractivity (Wildman–Crippen MR) is 122 cm³/mol. The van der Waals surface area contributed by atoms with Crippen molar-refractivity contribution in [1.82, 2.24) is 9.88 Å². The number of nitrogens with zero attached hydrogens (tertiary/aromatic N) is 1. The lowest BCUT2D eigenvalue weighted by Crippen LogP contribution is -2.37. The third kappa shape index (κ3) is 5.02. The van der Waals surface area contributed by atoms with E-state index in [1.807, 2.05) is 51.4 Å². The summed E-state index contributed by atoms with van der Waals surface area (Å²) in [6.07, 6.45) is 3.19. The summed E-state index contributed by atoms with van der Waals surface area (Å²) in [5, 5.41) is 5.06. The zero-order valence-electron chi connectivity index (χ0n) is 18.0. The monoisotopic (exact) mass is 427 g/mol. The lowest BCUT2D eigenvalue weighted by Gasteiger charge is -2.26. The third-order valence-electron chi connectivity index (χ3n) is 4.90. The number of hydrogen-bond acceptors (Lipinski definition) is 4. The van der Waals surface area contributed by atoms with Crippen molar-refractivity contribution in [3.63, 3.8) is 0 Å².